The summed E-state index contributed by atoms with van der Waals surface area (Å²) >= 11 is 0. The van der Waals surface area contributed by atoms with Gasteiger partial charge >= 0.3 is 12.4 Å². The molecule has 2 N–H and O–H groups in total. The lowest BCUT2D eigenvalue weighted by Crippen LogP contribution is -2.76. The summed E-state index contributed by atoms with van der Waals surface area (Å²) in [4.78, 5) is 26.9. The molecule has 1 aliphatic heterocycles. The van der Waals surface area contributed by atoms with Crippen LogP contribution in [0.15, 0.2) is 71.4 Å². The Hall–Kier alpha value is -3.72. The number of fused-ring (bicyclic) bond motifs is 1. The van der Waals surface area contributed by atoms with Gasteiger partial charge in [0.25, 0.3) is 5.60 Å². The second kappa shape index (κ2) is 10.8. The van der Waals surface area contributed by atoms with Gasteiger partial charge < -0.3 is 15.3 Å². The number of halogens is 7. The van der Waals surface area contributed by atoms with E-state index in [1.54, 1.807) is 11.4 Å². The minimum Gasteiger partial charge on any atom is -0.372 e. The van der Waals surface area contributed by atoms with Crippen molar-refractivity contribution in [1.82, 2.24) is 10.2 Å². The van der Waals surface area contributed by atoms with Crippen LogP contribution in [0.4, 0.5) is 30.7 Å². The Labute approximate surface area is 241 Å². The fraction of sp³-hybridized carbons (Fsp3) is 0.357. The van der Waals surface area contributed by atoms with Crippen LogP contribution in [0.25, 0.3) is 5.57 Å². The molecule has 0 fully saturated rings. The van der Waals surface area contributed by atoms with Crippen molar-refractivity contribution in [3.63, 3.8) is 0 Å². The number of carbonyl (C=O) groups is 2. The van der Waals surface area contributed by atoms with E-state index < -0.39 is 63.4 Å². The number of nitrogens with zero attached hydrogens (tertiary/aromatic N) is 1. The van der Waals surface area contributed by atoms with Crippen molar-refractivity contribution in [3.05, 3.63) is 83.2 Å². The summed E-state index contributed by atoms with van der Waals surface area (Å²) in [7, 11) is -3.74. The average molecular weight is 635 g/mol. The van der Waals surface area contributed by atoms with Crippen molar-refractivity contribution in [2.24, 2.45) is 0 Å². The zero-order valence-corrected chi connectivity index (χ0v) is 23.4. The van der Waals surface area contributed by atoms with E-state index in [1.807, 2.05) is 0 Å². The molecule has 0 saturated carbocycles. The van der Waals surface area contributed by atoms with Crippen molar-refractivity contribution < 1.29 is 53.8 Å². The van der Waals surface area contributed by atoms with Crippen LogP contribution in [0.2, 0.25) is 0 Å². The van der Waals surface area contributed by atoms with Crippen LogP contribution in [0.5, 0.6) is 0 Å². The second-order valence-corrected chi connectivity index (χ2v) is 12.4. The number of hydrogen-bond donors (Lipinski definition) is 2. The number of aliphatic hydroxyl groups is 1. The monoisotopic (exact) mass is 634 g/mol. The zero-order chi connectivity index (χ0) is 32.2. The van der Waals surface area contributed by atoms with Crippen LogP contribution in [0, 0.1) is 0 Å². The molecule has 0 radical (unpaired) electrons. The van der Waals surface area contributed by atoms with E-state index in [-0.39, 0.29) is 46.2 Å². The van der Waals surface area contributed by atoms with Gasteiger partial charge in [0.15, 0.2) is 9.84 Å². The van der Waals surface area contributed by atoms with Crippen LogP contribution in [0.3, 0.4) is 0 Å². The first-order chi connectivity index (χ1) is 19.7. The van der Waals surface area contributed by atoms with E-state index in [9.17, 15) is 49.5 Å². The van der Waals surface area contributed by atoms with E-state index in [4.69, 9.17) is 0 Å². The summed E-state index contributed by atoms with van der Waals surface area (Å²) in [5.41, 5.74) is -9.64. The molecule has 2 amide bonds. The van der Waals surface area contributed by atoms with Crippen molar-refractivity contribution in [2.75, 3.05) is 12.8 Å². The molecule has 2 aliphatic rings. The van der Waals surface area contributed by atoms with Crippen molar-refractivity contribution in [3.8, 4) is 0 Å². The maximum atomic E-state index is 15.5. The third-order valence-electron chi connectivity index (χ3n) is 7.58. The molecule has 2 aromatic rings. The van der Waals surface area contributed by atoms with Crippen LogP contribution < -0.4 is 5.32 Å². The highest BCUT2D eigenvalue weighted by molar-refractivity contribution is 7.90. The normalized spacial score (nSPS) is 21.4. The van der Waals surface area contributed by atoms with Crippen molar-refractivity contribution >= 4 is 27.2 Å². The van der Waals surface area contributed by atoms with Gasteiger partial charge in [-0.2, -0.15) is 26.3 Å². The second-order valence-electron chi connectivity index (χ2n) is 10.4. The Morgan fingerprint density at radius 2 is 1.63 bits per heavy atom. The first-order valence-corrected chi connectivity index (χ1v) is 14.5. The highest BCUT2D eigenvalue weighted by Gasteiger charge is 2.79. The van der Waals surface area contributed by atoms with E-state index in [0.29, 0.717) is 6.08 Å². The maximum absolute atomic E-state index is 15.5. The summed E-state index contributed by atoms with van der Waals surface area (Å²) < 4.78 is 125. The maximum Gasteiger partial charge on any atom is 0.429 e. The summed E-state index contributed by atoms with van der Waals surface area (Å²) in [5, 5.41) is 12.2. The average Bonchev–Trinajstić information content (AvgIpc) is 2.90. The van der Waals surface area contributed by atoms with E-state index in [0.717, 1.165) is 30.2 Å². The number of allylic oxidation sites excluding steroid dienone is 2. The zero-order valence-electron chi connectivity index (χ0n) is 22.6. The molecule has 0 spiro atoms. The first kappa shape index (κ1) is 32.2. The largest absolute Gasteiger partial charge is 0.429 e. The smallest absolute Gasteiger partial charge is 0.372 e. The number of nitrogens with one attached hydrogen (secondary N) is 1. The van der Waals surface area contributed by atoms with Crippen LogP contribution >= 0.6 is 0 Å². The third kappa shape index (κ3) is 5.55. The molecule has 15 heteroatoms. The fourth-order valence-electron chi connectivity index (χ4n) is 5.42. The summed E-state index contributed by atoms with van der Waals surface area (Å²) in [6, 6.07) is 8.74. The van der Waals surface area contributed by atoms with E-state index in [1.165, 1.54) is 30.3 Å². The van der Waals surface area contributed by atoms with Gasteiger partial charge in [0.1, 0.15) is 17.4 Å². The number of benzene rings is 2. The molecule has 7 nitrogen and oxygen atoms in total. The Morgan fingerprint density at radius 1 is 1.02 bits per heavy atom. The molecule has 43 heavy (non-hydrogen) atoms. The summed E-state index contributed by atoms with van der Waals surface area (Å²) in [6.45, 7) is 0.772. The third-order valence-corrected chi connectivity index (χ3v) is 8.69. The van der Waals surface area contributed by atoms with Gasteiger partial charge in [-0.1, -0.05) is 48.6 Å². The molecule has 4 rings (SSSR count). The molecule has 0 aromatic heterocycles. The van der Waals surface area contributed by atoms with Crippen LogP contribution in [-0.2, 0) is 25.8 Å². The lowest BCUT2D eigenvalue weighted by atomic mass is 9.71. The molecule has 232 valence electrons. The Morgan fingerprint density at radius 3 is 2.14 bits per heavy atom. The standard InChI is InChI=1S/C28H25F7N2O5S/c1-16(38)37-13-11-18-14-19(43(2,41)42)8-9-21(18)23(37)24(39)36-25(26(40,27(30,31)32)28(33,34)35)12-10-20(22(29)15-25)17-6-4-3-5-7-17/h3-10,12,14,23,40H,11,13,15H2,1-2H3,(H,36,39). The van der Waals surface area contributed by atoms with Gasteiger partial charge in [-0.3, -0.25) is 9.59 Å². The number of rotatable bonds is 5. The molecule has 0 bridgehead atoms. The van der Waals surface area contributed by atoms with Gasteiger partial charge in [0, 0.05) is 31.7 Å². The Kier molecular flexibility index (Phi) is 8.07. The van der Waals surface area contributed by atoms with Crippen molar-refractivity contribution in [2.45, 2.75) is 54.2 Å². The molecular formula is C28H25F7N2O5S. The highest BCUT2D eigenvalue weighted by Crippen LogP contribution is 2.54. The number of alkyl halides is 6. The Balaban J connectivity index is 1.89. The lowest BCUT2D eigenvalue weighted by molar-refractivity contribution is -0.385. The van der Waals surface area contributed by atoms with Gasteiger partial charge in [-0.25, -0.2) is 12.8 Å². The number of carbonyl (C=O) groups excluding carboxylic acids is 2. The summed E-state index contributed by atoms with van der Waals surface area (Å²) in [5.74, 6) is -3.84. The molecule has 2 atom stereocenters. The van der Waals surface area contributed by atoms with E-state index in [2.05, 4.69) is 0 Å². The quantitative estimate of drug-likeness (QED) is 0.469. The fourth-order valence-corrected chi connectivity index (χ4v) is 6.09. The molecule has 2 aromatic carbocycles. The first-order valence-electron chi connectivity index (χ1n) is 12.6. The minimum absolute atomic E-state index is 0.0138. The van der Waals surface area contributed by atoms with Crippen LogP contribution in [-0.4, -0.2) is 66.5 Å². The molecule has 2 unspecified atom stereocenters. The number of sulfone groups is 1. The highest BCUT2D eigenvalue weighted by atomic mass is 32.2. The molecule has 1 heterocycles. The lowest BCUT2D eigenvalue weighted by Gasteiger charge is -2.49. The SMILES string of the molecule is CC(=O)N1CCc2cc(S(C)(=O)=O)ccc2C1C(=O)NC1(C(O)(C(F)(F)F)C(F)(F)F)C=CC(c2ccccc2)=C(F)C1. The predicted octanol–water partition coefficient (Wildman–Crippen LogP) is 4.59. The molecule has 1 aliphatic carbocycles. The molecule has 0 saturated heterocycles. The number of amides is 2. The van der Waals surface area contributed by atoms with Gasteiger partial charge in [-0.05, 0) is 35.2 Å². The molecular weight excluding hydrogens is 609 g/mol. The van der Waals surface area contributed by atoms with Gasteiger partial charge in [0.2, 0.25) is 11.8 Å². The topological polar surface area (TPSA) is 104 Å². The van der Waals surface area contributed by atoms with Gasteiger partial charge in [-0.15, -0.1) is 0 Å². The predicted molar refractivity (Wildman–Crippen MR) is 140 cm³/mol. The van der Waals surface area contributed by atoms with E-state index >= 15 is 4.39 Å². The minimum atomic E-state index is -6.47. The Bertz CT molecular complexity index is 1600. The van der Waals surface area contributed by atoms with Crippen molar-refractivity contribution in [1.29, 1.82) is 0 Å². The summed E-state index contributed by atoms with van der Waals surface area (Å²) in [6.07, 6.45) is -12.9. The van der Waals surface area contributed by atoms with Gasteiger partial charge in [0.05, 0.1) is 4.90 Å². The van der Waals surface area contributed by atoms with Crippen LogP contribution in [0.1, 0.15) is 36.1 Å². The number of hydrogen-bond acceptors (Lipinski definition) is 5.